The predicted octanol–water partition coefficient (Wildman–Crippen LogP) is 1.16. The molecule has 0 unspecified atom stereocenters. The number of hydrogen-bond donors (Lipinski definition) is 3. The number of aryl methyl sites for hydroxylation is 1. The average molecular weight is 321 g/mol. The van der Waals surface area contributed by atoms with E-state index in [0.717, 1.165) is 32.6 Å². The maximum Gasteiger partial charge on any atom is 0.328 e. The number of carboxylic acids is 2. The molecule has 3 N–H and O–H groups in total. The minimum absolute atomic E-state index is 0.558. The summed E-state index contributed by atoms with van der Waals surface area (Å²) in [5.74, 6) is -2.51. The number of hydrogen-bond acceptors (Lipinski definition) is 5. The van der Waals surface area contributed by atoms with Crippen LogP contribution >= 0.6 is 0 Å². The van der Waals surface area contributed by atoms with Crippen LogP contribution in [0.4, 0.5) is 5.69 Å². The minimum Gasteiger partial charge on any atom is -0.478 e. The second-order valence-corrected chi connectivity index (χ2v) is 5.01. The van der Waals surface area contributed by atoms with Crippen LogP contribution in [0.5, 0.6) is 0 Å². The van der Waals surface area contributed by atoms with E-state index in [9.17, 15) is 9.59 Å². The Morgan fingerprint density at radius 2 is 1.91 bits per heavy atom. The fraction of sp³-hybridized carbons (Fsp3) is 0.438. The van der Waals surface area contributed by atoms with Gasteiger partial charge < -0.3 is 20.4 Å². The number of nitrogens with zero attached hydrogens (tertiary/aromatic N) is 2. The molecular formula is C16H23N3O4. The molecule has 0 atom stereocenters. The summed E-state index contributed by atoms with van der Waals surface area (Å²) in [4.78, 5) is 25.8. The molecule has 0 saturated carbocycles. The molecule has 2 heterocycles. The van der Waals surface area contributed by atoms with Crippen molar-refractivity contribution in [1.82, 2.24) is 10.3 Å². The van der Waals surface area contributed by atoms with Crippen molar-refractivity contribution in [3.63, 3.8) is 0 Å². The van der Waals surface area contributed by atoms with Gasteiger partial charge in [0.15, 0.2) is 0 Å². The summed E-state index contributed by atoms with van der Waals surface area (Å²) in [7, 11) is 0. The van der Waals surface area contributed by atoms with Crippen LogP contribution in [0.1, 0.15) is 18.9 Å². The summed E-state index contributed by atoms with van der Waals surface area (Å²) in [6.07, 6.45) is 7.33. The van der Waals surface area contributed by atoms with Crippen LogP contribution in [0.3, 0.4) is 0 Å². The van der Waals surface area contributed by atoms with Gasteiger partial charge in [0, 0.05) is 38.0 Å². The third-order valence-corrected chi connectivity index (χ3v) is 3.26. The lowest BCUT2D eigenvalue weighted by atomic mass is 10.2. The third kappa shape index (κ3) is 7.96. The monoisotopic (exact) mass is 321 g/mol. The maximum atomic E-state index is 9.55. The van der Waals surface area contributed by atoms with Crippen molar-refractivity contribution in [1.29, 1.82) is 0 Å². The highest BCUT2D eigenvalue weighted by molar-refractivity contribution is 5.89. The molecule has 2 rings (SSSR count). The van der Waals surface area contributed by atoms with Gasteiger partial charge in [-0.05, 0) is 31.0 Å². The quantitative estimate of drug-likeness (QED) is 0.715. The fourth-order valence-electron chi connectivity index (χ4n) is 2.09. The molecule has 0 bridgehead atoms. The highest BCUT2D eigenvalue weighted by Gasteiger charge is 2.09. The Bertz CT molecular complexity index is 522. The predicted molar refractivity (Wildman–Crippen MR) is 87.7 cm³/mol. The van der Waals surface area contributed by atoms with E-state index in [1.165, 1.54) is 17.7 Å². The number of anilines is 1. The van der Waals surface area contributed by atoms with Crippen molar-refractivity contribution in [2.45, 2.75) is 19.8 Å². The Labute approximate surface area is 135 Å². The van der Waals surface area contributed by atoms with Gasteiger partial charge in [0.1, 0.15) is 0 Å². The van der Waals surface area contributed by atoms with Gasteiger partial charge in [0.25, 0.3) is 0 Å². The number of carboxylic acid groups (broad SMARTS) is 2. The molecule has 0 aliphatic carbocycles. The third-order valence-electron chi connectivity index (χ3n) is 3.26. The molecule has 1 aromatic heterocycles. The molecule has 7 heteroatoms. The topological polar surface area (TPSA) is 103 Å². The van der Waals surface area contributed by atoms with E-state index in [0.29, 0.717) is 12.2 Å². The van der Waals surface area contributed by atoms with E-state index in [-0.39, 0.29) is 0 Å². The standard InChI is InChI=1S/C12H19N3.C4H4O4/c1-2-11-8-12(10-14-9-11)15-6-3-4-13-5-7-15;5-3(6)1-2-4(7)8/h8-10,13H,2-7H2,1H3;1-2H,(H,5,6)(H,7,8)/b;2-1+. The summed E-state index contributed by atoms with van der Waals surface area (Å²) >= 11 is 0. The highest BCUT2D eigenvalue weighted by Crippen LogP contribution is 2.15. The molecule has 126 valence electrons. The molecule has 23 heavy (non-hydrogen) atoms. The van der Waals surface area contributed by atoms with E-state index < -0.39 is 11.9 Å². The Kier molecular flexibility index (Phi) is 8.38. The summed E-state index contributed by atoms with van der Waals surface area (Å²) < 4.78 is 0. The number of carbonyl (C=O) groups is 2. The Morgan fingerprint density at radius 3 is 2.52 bits per heavy atom. The zero-order valence-corrected chi connectivity index (χ0v) is 13.2. The number of aliphatic carboxylic acids is 2. The van der Waals surface area contributed by atoms with Gasteiger partial charge in [0.2, 0.25) is 0 Å². The molecule has 1 aliphatic heterocycles. The molecular weight excluding hydrogens is 298 g/mol. The maximum absolute atomic E-state index is 9.55. The average Bonchev–Trinajstić information content (AvgIpc) is 2.83. The van der Waals surface area contributed by atoms with E-state index >= 15 is 0 Å². The van der Waals surface area contributed by atoms with Crippen LogP contribution in [0.25, 0.3) is 0 Å². The van der Waals surface area contributed by atoms with Gasteiger partial charge in [-0.2, -0.15) is 0 Å². The summed E-state index contributed by atoms with van der Waals surface area (Å²) in [6, 6.07) is 2.26. The van der Waals surface area contributed by atoms with Crippen LogP contribution in [-0.4, -0.2) is 53.3 Å². The van der Waals surface area contributed by atoms with E-state index in [1.54, 1.807) is 0 Å². The van der Waals surface area contributed by atoms with Crippen LogP contribution in [0, 0.1) is 0 Å². The lowest BCUT2D eigenvalue weighted by Crippen LogP contribution is -2.27. The summed E-state index contributed by atoms with van der Waals surface area (Å²) in [5, 5.41) is 19.0. The Balaban J connectivity index is 0.000000284. The first-order chi connectivity index (χ1) is 11.0. The van der Waals surface area contributed by atoms with Crippen LogP contribution in [-0.2, 0) is 16.0 Å². The van der Waals surface area contributed by atoms with Crippen molar-refractivity contribution in [3.8, 4) is 0 Å². The first-order valence-corrected chi connectivity index (χ1v) is 7.56. The van der Waals surface area contributed by atoms with E-state index in [2.05, 4.69) is 28.2 Å². The smallest absolute Gasteiger partial charge is 0.328 e. The van der Waals surface area contributed by atoms with Crippen molar-refractivity contribution in [3.05, 3.63) is 36.2 Å². The molecule has 0 amide bonds. The zero-order valence-electron chi connectivity index (χ0n) is 13.2. The Hall–Kier alpha value is -2.41. The summed E-state index contributed by atoms with van der Waals surface area (Å²) in [5.41, 5.74) is 2.60. The normalized spacial score (nSPS) is 14.7. The van der Waals surface area contributed by atoms with Gasteiger partial charge in [-0.1, -0.05) is 6.92 Å². The van der Waals surface area contributed by atoms with Crippen LogP contribution in [0.2, 0.25) is 0 Å². The number of nitrogens with one attached hydrogen (secondary N) is 1. The molecule has 1 aromatic rings. The van der Waals surface area contributed by atoms with Gasteiger partial charge in [-0.3, -0.25) is 4.98 Å². The molecule has 1 fully saturated rings. The number of aromatic nitrogens is 1. The molecule has 0 aromatic carbocycles. The number of rotatable bonds is 4. The second-order valence-electron chi connectivity index (χ2n) is 5.01. The van der Waals surface area contributed by atoms with E-state index in [4.69, 9.17) is 10.2 Å². The number of pyridine rings is 1. The van der Waals surface area contributed by atoms with Gasteiger partial charge in [-0.25, -0.2) is 9.59 Å². The molecule has 0 spiro atoms. The van der Waals surface area contributed by atoms with Gasteiger partial charge >= 0.3 is 11.9 Å². The van der Waals surface area contributed by atoms with Gasteiger partial charge in [0.05, 0.1) is 11.9 Å². The van der Waals surface area contributed by atoms with Crippen molar-refractivity contribution < 1.29 is 19.8 Å². The van der Waals surface area contributed by atoms with E-state index in [1.807, 2.05) is 12.4 Å². The van der Waals surface area contributed by atoms with Gasteiger partial charge in [-0.15, -0.1) is 0 Å². The lowest BCUT2D eigenvalue weighted by molar-refractivity contribution is -0.134. The van der Waals surface area contributed by atoms with Crippen molar-refractivity contribution >= 4 is 17.6 Å². The molecule has 7 nitrogen and oxygen atoms in total. The summed E-state index contributed by atoms with van der Waals surface area (Å²) in [6.45, 7) is 6.62. The zero-order chi connectivity index (χ0) is 17.1. The Morgan fingerprint density at radius 1 is 1.22 bits per heavy atom. The highest BCUT2D eigenvalue weighted by atomic mass is 16.4. The fourth-order valence-corrected chi connectivity index (χ4v) is 2.09. The minimum atomic E-state index is -1.26. The van der Waals surface area contributed by atoms with Crippen molar-refractivity contribution in [2.24, 2.45) is 0 Å². The second kappa shape index (κ2) is 10.3. The molecule has 1 saturated heterocycles. The molecule has 0 radical (unpaired) electrons. The molecule has 1 aliphatic rings. The first-order valence-electron chi connectivity index (χ1n) is 7.56. The largest absolute Gasteiger partial charge is 0.478 e. The first kappa shape index (κ1) is 18.6. The van der Waals surface area contributed by atoms with Crippen molar-refractivity contribution in [2.75, 3.05) is 31.1 Å². The lowest BCUT2D eigenvalue weighted by Gasteiger charge is -2.22. The SMILES string of the molecule is CCc1cncc(N2CCCNCC2)c1.O=C(O)/C=C/C(=O)O. The van der Waals surface area contributed by atoms with Crippen LogP contribution in [0.15, 0.2) is 30.6 Å². The van der Waals surface area contributed by atoms with Crippen LogP contribution < -0.4 is 10.2 Å².